The molecule has 0 radical (unpaired) electrons. The zero-order valence-corrected chi connectivity index (χ0v) is 21.2. The van der Waals surface area contributed by atoms with Crippen LogP contribution in [-0.2, 0) is 36.0 Å². The van der Waals surface area contributed by atoms with Crippen LogP contribution in [-0.4, -0.2) is 20.7 Å². The van der Waals surface area contributed by atoms with Crippen LogP contribution in [0.5, 0.6) is 0 Å². The van der Waals surface area contributed by atoms with Crippen LogP contribution in [0.4, 0.5) is 26.3 Å². The van der Waals surface area contributed by atoms with Crippen LogP contribution in [0, 0.1) is 11.3 Å². The molecule has 6 rings (SSSR count). The van der Waals surface area contributed by atoms with Crippen molar-refractivity contribution in [2.75, 3.05) is 0 Å². The summed E-state index contributed by atoms with van der Waals surface area (Å²) in [6.45, 7) is 0. The Bertz CT molecular complexity index is 1370. The van der Waals surface area contributed by atoms with Gasteiger partial charge in [-0.2, -0.15) is 26.3 Å². The van der Waals surface area contributed by atoms with Gasteiger partial charge in [0.2, 0.25) is 5.91 Å². The van der Waals surface area contributed by atoms with Crippen molar-refractivity contribution in [3.63, 3.8) is 0 Å². The topological polar surface area (TPSA) is 73.8 Å². The Morgan fingerprint density at radius 2 is 1.56 bits per heavy atom. The average molecular weight is 551 g/mol. The van der Waals surface area contributed by atoms with Crippen LogP contribution in [0.15, 0.2) is 48.5 Å². The molecule has 0 spiro atoms. The molecule has 5 nitrogen and oxygen atoms in total. The minimum Gasteiger partial charge on any atom is -0.369 e. The van der Waals surface area contributed by atoms with E-state index in [1.807, 2.05) is 0 Å². The van der Waals surface area contributed by atoms with Crippen LogP contribution in [0.1, 0.15) is 61.0 Å². The second-order valence-electron chi connectivity index (χ2n) is 10.9. The number of halogens is 6. The maximum Gasteiger partial charge on any atom is 0.417 e. The number of amides is 1. The lowest BCUT2D eigenvalue weighted by molar-refractivity contribution is -0.138. The molecule has 11 heteroatoms. The summed E-state index contributed by atoms with van der Waals surface area (Å²) in [5.74, 6) is -0.426. The molecule has 2 N–H and O–H groups in total. The van der Waals surface area contributed by atoms with E-state index in [0.717, 1.165) is 18.2 Å². The Balaban J connectivity index is 1.40. The molecule has 2 bridgehead atoms. The third-order valence-corrected chi connectivity index (χ3v) is 8.90. The molecular formula is C28H28F6N4O. The van der Waals surface area contributed by atoms with Gasteiger partial charge >= 0.3 is 12.4 Å². The number of hydrogen-bond acceptors (Lipinski definition) is 3. The van der Waals surface area contributed by atoms with Crippen LogP contribution < -0.4 is 5.73 Å². The lowest BCUT2D eigenvalue weighted by Crippen LogP contribution is -2.52. The number of fused-ring (bicyclic) bond motifs is 3. The average Bonchev–Trinajstić information content (AvgIpc) is 3.29. The van der Waals surface area contributed by atoms with E-state index >= 15 is 0 Å². The second-order valence-corrected chi connectivity index (χ2v) is 10.9. The Morgan fingerprint density at radius 3 is 2.15 bits per heavy atom. The fourth-order valence-corrected chi connectivity index (χ4v) is 6.75. The number of aromatic nitrogens is 3. The van der Waals surface area contributed by atoms with E-state index in [1.165, 1.54) is 24.3 Å². The Kier molecular flexibility index (Phi) is 6.54. The molecule has 1 heterocycles. The van der Waals surface area contributed by atoms with Crippen molar-refractivity contribution in [3.8, 4) is 11.4 Å². The van der Waals surface area contributed by atoms with E-state index in [2.05, 4.69) is 10.2 Å². The fraction of sp³-hybridized carbons (Fsp3) is 0.464. The monoisotopic (exact) mass is 550 g/mol. The zero-order chi connectivity index (χ0) is 28.2. The second kappa shape index (κ2) is 9.38. The molecule has 2 aromatic carbocycles. The van der Waals surface area contributed by atoms with E-state index in [1.54, 1.807) is 17.7 Å². The molecule has 208 valence electrons. The van der Waals surface area contributed by atoms with Gasteiger partial charge in [-0.25, -0.2) is 0 Å². The first-order valence-corrected chi connectivity index (χ1v) is 12.8. The third kappa shape index (κ3) is 4.80. The maximum atomic E-state index is 13.6. The highest BCUT2D eigenvalue weighted by atomic mass is 19.4. The number of carbonyl (C=O) groups excluding carboxylic acids is 1. The molecule has 3 fully saturated rings. The highest BCUT2D eigenvalue weighted by Crippen LogP contribution is 2.61. The van der Waals surface area contributed by atoms with E-state index in [-0.39, 0.29) is 17.8 Å². The SMILES string of the molecule is Cn1c(-c2ccccc2C(F)(F)F)nnc1C12CCC(C(Cc3cccc(C(F)(F)F)c3)C(N)=O)(CC1)CC2. The molecule has 3 aliphatic carbocycles. The van der Waals surface area contributed by atoms with Crippen molar-refractivity contribution in [2.45, 2.75) is 62.7 Å². The Morgan fingerprint density at radius 1 is 0.923 bits per heavy atom. The summed E-state index contributed by atoms with van der Waals surface area (Å²) in [4.78, 5) is 12.6. The molecule has 39 heavy (non-hydrogen) atoms. The summed E-state index contributed by atoms with van der Waals surface area (Å²) in [6, 6.07) is 10.3. The Labute approximate surface area is 221 Å². The van der Waals surface area contributed by atoms with Crippen molar-refractivity contribution in [1.82, 2.24) is 14.8 Å². The quantitative estimate of drug-likeness (QED) is 0.358. The van der Waals surface area contributed by atoms with Gasteiger partial charge in [0.1, 0.15) is 5.82 Å². The van der Waals surface area contributed by atoms with Crippen LogP contribution >= 0.6 is 0 Å². The predicted octanol–water partition coefficient (Wildman–Crippen LogP) is 6.46. The number of hydrogen-bond donors (Lipinski definition) is 1. The van der Waals surface area contributed by atoms with Crippen molar-refractivity contribution in [3.05, 3.63) is 71.0 Å². The summed E-state index contributed by atoms with van der Waals surface area (Å²) < 4.78 is 82.3. The van der Waals surface area contributed by atoms with Crippen LogP contribution in [0.2, 0.25) is 0 Å². The first-order valence-electron chi connectivity index (χ1n) is 12.8. The summed E-state index contributed by atoms with van der Waals surface area (Å²) in [6.07, 6.45) is -5.18. The first-order chi connectivity index (χ1) is 18.3. The molecule has 1 unspecified atom stereocenters. The molecule has 3 aliphatic rings. The van der Waals surface area contributed by atoms with Crippen molar-refractivity contribution < 1.29 is 31.1 Å². The lowest BCUT2D eigenvalue weighted by atomic mass is 9.49. The van der Waals surface area contributed by atoms with E-state index < -0.39 is 46.1 Å². The van der Waals surface area contributed by atoms with Gasteiger partial charge in [-0.05, 0) is 68.1 Å². The summed E-state index contributed by atoms with van der Waals surface area (Å²) in [5.41, 5.74) is 3.78. The smallest absolute Gasteiger partial charge is 0.369 e. The zero-order valence-electron chi connectivity index (χ0n) is 21.2. The Hall–Kier alpha value is -3.37. The van der Waals surface area contributed by atoms with Gasteiger partial charge in [-0.15, -0.1) is 10.2 Å². The number of alkyl halides is 6. The fourth-order valence-electron chi connectivity index (χ4n) is 6.75. The predicted molar refractivity (Wildman–Crippen MR) is 131 cm³/mol. The summed E-state index contributed by atoms with van der Waals surface area (Å²) >= 11 is 0. The largest absolute Gasteiger partial charge is 0.417 e. The number of nitrogens with zero attached hydrogens (tertiary/aromatic N) is 3. The highest BCUT2D eigenvalue weighted by Gasteiger charge is 2.55. The van der Waals surface area contributed by atoms with E-state index in [0.29, 0.717) is 49.9 Å². The molecule has 1 aromatic heterocycles. The number of primary amides is 1. The molecule has 3 aromatic rings. The molecule has 0 aliphatic heterocycles. The first kappa shape index (κ1) is 27.2. The summed E-state index contributed by atoms with van der Waals surface area (Å²) in [7, 11) is 1.67. The van der Waals surface area contributed by atoms with Gasteiger partial charge in [0, 0.05) is 23.9 Å². The van der Waals surface area contributed by atoms with Gasteiger partial charge in [-0.3, -0.25) is 4.79 Å². The highest BCUT2D eigenvalue weighted by molar-refractivity contribution is 5.78. The van der Waals surface area contributed by atoms with Crippen molar-refractivity contribution in [1.29, 1.82) is 0 Å². The van der Waals surface area contributed by atoms with Crippen molar-refractivity contribution >= 4 is 5.91 Å². The van der Waals surface area contributed by atoms with Gasteiger partial charge in [0.25, 0.3) is 0 Å². The van der Waals surface area contributed by atoms with E-state index in [4.69, 9.17) is 5.73 Å². The van der Waals surface area contributed by atoms with Gasteiger partial charge < -0.3 is 10.3 Å². The maximum absolute atomic E-state index is 13.6. The van der Waals surface area contributed by atoms with Crippen LogP contribution in [0.25, 0.3) is 11.4 Å². The normalized spacial score (nSPS) is 24.1. The van der Waals surface area contributed by atoms with Gasteiger partial charge in [-0.1, -0.05) is 36.4 Å². The minimum atomic E-state index is -4.54. The van der Waals surface area contributed by atoms with Gasteiger partial charge in [0.05, 0.1) is 11.1 Å². The van der Waals surface area contributed by atoms with Gasteiger partial charge in [0.15, 0.2) is 5.82 Å². The van der Waals surface area contributed by atoms with E-state index in [9.17, 15) is 31.1 Å². The number of benzene rings is 2. The molecule has 0 saturated heterocycles. The minimum absolute atomic E-state index is 0.0431. The number of carbonyl (C=O) groups is 1. The van der Waals surface area contributed by atoms with Crippen molar-refractivity contribution in [2.24, 2.45) is 24.1 Å². The number of nitrogens with two attached hydrogens (primary N) is 1. The standard InChI is InChI=1S/C28H28F6N4O/c1-38-23(19-7-2-3-8-20(19)28(32,33)34)36-37-24(38)26-12-9-25(10-13-26,11-14-26)21(22(35)39)16-17-5-4-6-18(15-17)27(29,30)31/h2-8,15,21H,9-14,16H2,1H3,(H2,35,39). The number of rotatable bonds is 6. The molecular weight excluding hydrogens is 522 g/mol. The molecule has 1 amide bonds. The molecule has 1 atom stereocenters. The third-order valence-electron chi connectivity index (χ3n) is 8.90. The lowest BCUT2D eigenvalue weighted by Gasteiger charge is -2.55. The summed E-state index contributed by atoms with van der Waals surface area (Å²) in [5, 5.41) is 8.51. The van der Waals surface area contributed by atoms with Crippen LogP contribution in [0.3, 0.4) is 0 Å². The molecule has 3 saturated carbocycles.